The van der Waals surface area contributed by atoms with Crippen molar-refractivity contribution in [2.45, 2.75) is 11.0 Å². The molecule has 1 aromatic carbocycles. The van der Waals surface area contributed by atoms with Crippen molar-refractivity contribution in [2.75, 3.05) is 38.5 Å². The Bertz CT molecular complexity index is 435. The summed E-state index contributed by atoms with van der Waals surface area (Å²) in [5.41, 5.74) is 0.0933. The number of nitro groups is 1. The molecule has 1 aromatic rings. The Balaban J connectivity index is 1.74. The van der Waals surface area contributed by atoms with Gasteiger partial charge in [0.25, 0.3) is 5.69 Å². The number of hydrogen-bond donors (Lipinski definition) is 2. The van der Waals surface area contributed by atoms with Crippen molar-refractivity contribution in [3.63, 3.8) is 0 Å². The molecule has 1 fully saturated rings. The van der Waals surface area contributed by atoms with Crippen LogP contribution in [0.5, 0.6) is 0 Å². The van der Waals surface area contributed by atoms with Crippen molar-refractivity contribution in [3.8, 4) is 0 Å². The summed E-state index contributed by atoms with van der Waals surface area (Å²) in [5.74, 6) is 0.599. The molecule has 1 atom stereocenters. The minimum Gasteiger partial charge on any atom is -0.391 e. The van der Waals surface area contributed by atoms with Gasteiger partial charge < -0.3 is 10.4 Å². The molecule has 1 saturated heterocycles. The lowest BCUT2D eigenvalue weighted by Gasteiger charge is -2.28. The molecule has 20 heavy (non-hydrogen) atoms. The number of aliphatic hydroxyl groups is 1. The summed E-state index contributed by atoms with van der Waals surface area (Å²) in [4.78, 5) is 13.3. The highest BCUT2D eigenvalue weighted by Crippen LogP contribution is 2.22. The summed E-state index contributed by atoms with van der Waals surface area (Å²) in [7, 11) is 0. The Kier molecular flexibility index (Phi) is 5.78. The van der Waals surface area contributed by atoms with Crippen molar-refractivity contribution < 1.29 is 10.0 Å². The van der Waals surface area contributed by atoms with Crippen LogP contribution in [0, 0.1) is 10.1 Å². The zero-order valence-electron chi connectivity index (χ0n) is 11.2. The van der Waals surface area contributed by atoms with Crippen LogP contribution < -0.4 is 5.32 Å². The molecule has 1 aliphatic heterocycles. The minimum atomic E-state index is -0.409. The standard InChI is InChI=1S/C13H19N3O3S/c17-12(9-15-7-5-14-6-8-15)10-20-13-3-1-11(2-4-13)16(18)19/h1-4,12,14,17H,5-10H2. The molecule has 2 rings (SSSR count). The van der Waals surface area contributed by atoms with Crippen molar-refractivity contribution >= 4 is 17.4 Å². The lowest BCUT2D eigenvalue weighted by molar-refractivity contribution is -0.384. The van der Waals surface area contributed by atoms with E-state index < -0.39 is 4.92 Å². The fourth-order valence-corrected chi connectivity index (χ4v) is 2.92. The monoisotopic (exact) mass is 297 g/mol. The van der Waals surface area contributed by atoms with Gasteiger partial charge in [-0.05, 0) is 12.1 Å². The topological polar surface area (TPSA) is 78.6 Å². The summed E-state index contributed by atoms with van der Waals surface area (Å²) >= 11 is 1.52. The quantitative estimate of drug-likeness (QED) is 0.462. The number of aliphatic hydroxyl groups excluding tert-OH is 1. The summed E-state index contributed by atoms with van der Waals surface area (Å²) in [6, 6.07) is 6.43. The minimum absolute atomic E-state index is 0.0933. The van der Waals surface area contributed by atoms with E-state index in [-0.39, 0.29) is 11.8 Å². The average molecular weight is 297 g/mol. The Morgan fingerprint density at radius 1 is 1.35 bits per heavy atom. The first kappa shape index (κ1) is 15.2. The number of hydrogen-bond acceptors (Lipinski definition) is 6. The van der Waals surface area contributed by atoms with Gasteiger partial charge in [0.2, 0.25) is 0 Å². The average Bonchev–Trinajstić information content (AvgIpc) is 2.46. The number of benzene rings is 1. The van der Waals surface area contributed by atoms with Crippen LogP contribution in [0.25, 0.3) is 0 Å². The van der Waals surface area contributed by atoms with Gasteiger partial charge in [0, 0.05) is 55.5 Å². The number of β-amino-alcohol motifs (C(OH)–C–C–N with tert-alkyl or cyclic N) is 1. The predicted octanol–water partition coefficient (Wildman–Crippen LogP) is 0.953. The van der Waals surface area contributed by atoms with Crippen LogP contribution in [0.4, 0.5) is 5.69 Å². The number of nitro benzene ring substituents is 1. The molecular weight excluding hydrogens is 278 g/mol. The highest BCUT2D eigenvalue weighted by atomic mass is 32.2. The van der Waals surface area contributed by atoms with E-state index in [4.69, 9.17) is 0 Å². The molecule has 0 spiro atoms. The van der Waals surface area contributed by atoms with Crippen LogP contribution in [0.15, 0.2) is 29.2 Å². The lowest BCUT2D eigenvalue weighted by atomic mass is 10.3. The molecule has 110 valence electrons. The number of thioether (sulfide) groups is 1. The van der Waals surface area contributed by atoms with Crippen molar-refractivity contribution in [1.29, 1.82) is 0 Å². The maximum absolute atomic E-state index is 10.5. The van der Waals surface area contributed by atoms with Gasteiger partial charge in [-0.1, -0.05) is 0 Å². The van der Waals surface area contributed by atoms with Crippen LogP contribution in [0.3, 0.4) is 0 Å². The second-order valence-electron chi connectivity index (χ2n) is 4.77. The second kappa shape index (κ2) is 7.58. The van der Waals surface area contributed by atoms with Gasteiger partial charge in [0.1, 0.15) is 0 Å². The van der Waals surface area contributed by atoms with E-state index in [1.54, 1.807) is 12.1 Å². The highest BCUT2D eigenvalue weighted by Gasteiger charge is 2.14. The van der Waals surface area contributed by atoms with Crippen LogP contribution >= 0.6 is 11.8 Å². The zero-order valence-corrected chi connectivity index (χ0v) is 12.0. The molecule has 6 nitrogen and oxygen atoms in total. The van der Waals surface area contributed by atoms with Crippen LogP contribution in [0.2, 0.25) is 0 Å². The van der Waals surface area contributed by atoms with E-state index in [1.807, 2.05) is 0 Å². The van der Waals surface area contributed by atoms with Crippen molar-refractivity contribution in [3.05, 3.63) is 34.4 Å². The van der Waals surface area contributed by atoms with E-state index in [1.165, 1.54) is 23.9 Å². The summed E-state index contributed by atoms with van der Waals surface area (Å²) in [6.45, 7) is 4.57. The van der Waals surface area contributed by atoms with Crippen molar-refractivity contribution in [2.24, 2.45) is 0 Å². The molecule has 2 N–H and O–H groups in total. The molecule has 1 unspecified atom stereocenters. The van der Waals surface area contributed by atoms with Crippen LogP contribution in [0.1, 0.15) is 0 Å². The van der Waals surface area contributed by atoms with Gasteiger partial charge >= 0.3 is 0 Å². The normalized spacial score (nSPS) is 17.9. The van der Waals surface area contributed by atoms with Gasteiger partial charge in [0.05, 0.1) is 11.0 Å². The molecule has 0 bridgehead atoms. The summed E-state index contributed by atoms with van der Waals surface area (Å²) < 4.78 is 0. The predicted molar refractivity (Wildman–Crippen MR) is 79.1 cm³/mol. The summed E-state index contributed by atoms with van der Waals surface area (Å²) in [6.07, 6.45) is -0.381. The first-order valence-corrected chi connectivity index (χ1v) is 7.62. The Morgan fingerprint density at radius 3 is 2.60 bits per heavy atom. The number of piperazine rings is 1. The molecule has 1 heterocycles. The van der Waals surface area contributed by atoms with Crippen molar-refractivity contribution in [1.82, 2.24) is 10.2 Å². The molecule has 0 saturated carbocycles. The van der Waals surface area contributed by atoms with Gasteiger partial charge in [-0.3, -0.25) is 15.0 Å². The third kappa shape index (κ3) is 4.75. The molecular formula is C13H19N3O3S. The number of nitrogens with zero attached hydrogens (tertiary/aromatic N) is 2. The Hall–Kier alpha value is -1.15. The molecule has 0 aromatic heterocycles. The van der Waals surface area contributed by atoms with Gasteiger partial charge in [-0.25, -0.2) is 0 Å². The fraction of sp³-hybridized carbons (Fsp3) is 0.538. The number of nitrogens with one attached hydrogen (secondary N) is 1. The van der Waals surface area contributed by atoms with Crippen LogP contribution in [-0.2, 0) is 0 Å². The Labute approximate surface area is 122 Å². The maximum Gasteiger partial charge on any atom is 0.269 e. The largest absolute Gasteiger partial charge is 0.391 e. The third-order valence-electron chi connectivity index (χ3n) is 3.17. The van der Waals surface area contributed by atoms with Crippen LogP contribution in [-0.4, -0.2) is 59.5 Å². The van der Waals surface area contributed by atoms with E-state index >= 15 is 0 Å². The molecule has 7 heteroatoms. The SMILES string of the molecule is O=[N+]([O-])c1ccc(SCC(O)CN2CCNCC2)cc1. The molecule has 0 aliphatic carbocycles. The number of rotatable bonds is 6. The molecule has 1 aliphatic rings. The second-order valence-corrected chi connectivity index (χ2v) is 5.86. The molecule has 0 amide bonds. The van der Waals surface area contributed by atoms with E-state index in [0.29, 0.717) is 12.3 Å². The third-order valence-corrected chi connectivity index (χ3v) is 4.33. The van der Waals surface area contributed by atoms with E-state index in [9.17, 15) is 15.2 Å². The summed E-state index contributed by atoms with van der Waals surface area (Å²) in [5, 5.41) is 23.8. The number of non-ortho nitro benzene ring substituents is 1. The maximum atomic E-state index is 10.5. The van der Waals surface area contributed by atoms with Gasteiger partial charge in [-0.15, -0.1) is 11.8 Å². The first-order valence-electron chi connectivity index (χ1n) is 6.63. The smallest absolute Gasteiger partial charge is 0.269 e. The zero-order chi connectivity index (χ0) is 14.4. The first-order chi connectivity index (χ1) is 9.65. The molecule has 0 radical (unpaired) electrons. The Morgan fingerprint density at radius 2 is 2.00 bits per heavy atom. The fourth-order valence-electron chi connectivity index (χ4n) is 2.10. The van der Waals surface area contributed by atoms with Gasteiger partial charge in [-0.2, -0.15) is 0 Å². The van der Waals surface area contributed by atoms with E-state index in [0.717, 1.165) is 31.1 Å². The van der Waals surface area contributed by atoms with Gasteiger partial charge in [0.15, 0.2) is 0 Å². The highest BCUT2D eigenvalue weighted by molar-refractivity contribution is 7.99. The van der Waals surface area contributed by atoms with E-state index in [2.05, 4.69) is 10.2 Å². The lowest BCUT2D eigenvalue weighted by Crippen LogP contribution is -2.46.